The summed E-state index contributed by atoms with van der Waals surface area (Å²) in [5.41, 5.74) is 7.21. The van der Waals surface area contributed by atoms with Crippen molar-refractivity contribution in [1.29, 1.82) is 0 Å². The first-order chi connectivity index (χ1) is 8.95. The summed E-state index contributed by atoms with van der Waals surface area (Å²) in [6, 6.07) is 7.41. The molecule has 0 radical (unpaired) electrons. The van der Waals surface area contributed by atoms with Crippen LogP contribution in [0.5, 0.6) is 0 Å². The van der Waals surface area contributed by atoms with Crippen molar-refractivity contribution in [3.05, 3.63) is 48.0 Å². The van der Waals surface area contributed by atoms with E-state index in [9.17, 15) is 4.79 Å². The van der Waals surface area contributed by atoms with Gasteiger partial charge in [-0.3, -0.25) is 4.79 Å². The Morgan fingerprint density at radius 1 is 1.32 bits per heavy atom. The molecule has 1 heterocycles. The van der Waals surface area contributed by atoms with Crippen molar-refractivity contribution >= 4 is 11.5 Å². The predicted molar refractivity (Wildman–Crippen MR) is 76.1 cm³/mol. The number of nitrogens with two attached hydrogens (primary N) is 1. The van der Waals surface area contributed by atoms with Gasteiger partial charge in [-0.1, -0.05) is 12.1 Å². The van der Waals surface area contributed by atoms with Gasteiger partial charge in [-0.2, -0.15) is 0 Å². The lowest BCUT2D eigenvalue weighted by atomic mass is 9.79. The van der Waals surface area contributed by atoms with Crippen LogP contribution >= 0.6 is 0 Å². The number of aromatic nitrogens is 2. The Kier molecular flexibility index (Phi) is 3.42. The number of ketones is 1. The SMILES string of the molecule is CCn1cnc(C(=O)C(C)(C)c2ccc(N)cc2)c1. The van der Waals surface area contributed by atoms with Crippen molar-refractivity contribution in [2.45, 2.75) is 32.7 Å². The molecule has 0 aliphatic carbocycles. The van der Waals surface area contributed by atoms with E-state index >= 15 is 0 Å². The first kappa shape index (κ1) is 13.3. The molecule has 1 aromatic heterocycles. The fourth-order valence-corrected chi connectivity index (χ4v) is 2.00. The molecule has 4 heteroatoms. The first-order valence-corrected chi connectivity index (χ1v) is 6.37. The summed E-state index contributed by atoms with van der Waals surface area (Å²) >= 11 is 0. The second-order valence-corrected chi connectivity index (χ2v) is 5.17. The number of anilines is 1. The van der Waals surface area contributed by atoms with Crippen LogP contribution in [0.25, 0.3) is 0 Å². The highest BCUT2D eigenvalue weighted by molar-refractivity contribution is 6.02. The van der Waals surface area contributed by atoms with Crippen molar-refractivity contribution in [2.75, 3.05) is 5.73 Å². The number of carbonyl (C=O) groups excluding carboxylic acids is 1. The molecular weight excluding hydrogens is 238 g/mol. The summed E-state index contributed by atoms with van der Waals surface area (Å²) in [5.74, 6) is 0.0180. The van der Waals surface area contributed by atoms with Crippen LogP contribution in [0.3, 0.4) is 0 Å². The molecule has 0 fully saturated rings. The molecule has 0 spiro atoms. The molecule has 0 amide bonds. The van der Waals surface area contributed by atoms with Crippen LogP contribution in [-0.2, 0) is 12.0 Å². The molecule has 2 rings (SSSR count). The third kappa shape index (κ3) is 2.52. The Labute approximate surface area is 113 Å². The maximum atomic E-state index is 12.6. The second-order valence-electron chi connectivity index (χ2n) is 5.17. The number of carbonyl (C=O) groups is 1. The average molecular weight is 257 g/mol. The normalized spacial score (nSPS) is 11.5. The number of rotatable bonds is 4. The van der Waals surface area contributed by atoms with Crippen LogP contribution in [-0.4, -0.2) is 15.3 Å². The number of imidazole rings is 1. The van der Waals surface area contributed by atoms with Gasteiger partial charge in [0.1, 0.15) is 5.69 Å². The van der Waals surface area contributed by atoms with Gasteiger partial charge in [0, 0.05) is 18.4 Å². The van der Waals surface area contributed by atoms with Crippen molar-refractivity contribution in [3.8, 4) is 0 Å². The van der Waals surface area contributed by atoms with E-state index in [0.29, 0.717) is 11.4 Å². The number of nitrogens with zero attached hydrogens (tertiary/aromatic N) is 2. The Bertz CT molecular complexity index is 582. The number of Topliss-reactive ketones (excluding diaryl/α,β-unsaturated/α-hetero) is 1. The predicted octanol–water partition coefficient (Wildman–Crippen LogP) is 2.65. The largest absolute Gasteiger partial charge is 0.399 e. The lowest BCUT2D eigenvalue weighted by Gasteiger charge is -2.22. The van der Waals surface area contributed by atoms with E-state index in [4.69, 9.17) is 5.73 Å². The number of aryl methyl sites for hydroxylation is 1. The molecule has 2 N–H and O–H groups in total. The fraction of sp³-hybridized carbons (Fsp3) is 0.333. The van der Waals surface area contributed by atoms with E-state index < -0.39 is 5.41 Å². The van der Waals surface area contributed by atoms with Gasteiger partial charge in [-0.25, -0.2) is 4.98 Å². The molecular formula is C15H19N3O. The minimum Gasteiger partial charge on any atom is -0.399 e. The molecule has 0 bridgehead atoms. The molecule has 0 saturated heterocycles. The fourth-order valence-electron chi connectivity index (χ4n) is 2.00. The topological polar surface area (TPSA) is 60.9 Å². The molecule has 0 aliphatic heterocycles. The molecule has 0 aliphatic rings. The number of nitrogen functional groups attached to an aromatic ring is 1. The second kappa shape index (κ2) is 4.88. The molecule has 0 unspecified atom stereocenters. The van der Waals surface area contributed by atoms with Crippen molar-refractivity contribution in [1.82, 2.24) is 9.55 Å². The Morgan fingerprint density at radius 3 is 2.47 bits per heavy atom. The van der Waals surface area contributed by atoms with Crippen LogP contribution in [0.2, 0.25) is 0 Å². The van der Waals surface area contributed by atoms with Crippen LogP contribution in [0.1, 0.15) is 36.8 Å². The smallest absolute Gasteiger partial charge is 0.192 e. The molecule has 1 aromatic carbocycles. The monoisotopic (exact) mass is 257 g/mol. The lowest BCUT2D eigenvalue weighted by Crippen LogP contribution is -2.29. The third-order valence-corrected chi connectivity index (χ3v) is 3.43. The van der Waals surface area contributed by atoms with Gasteiger partial charge in [0.2, 0.25) is 0 Å². The van der Waals surface area contributed by atoms with Gasteiger partial charge in [0.25, 0.3) is 0 Å². The van der Waals surface area contributed by atoms with E-state index in [-0.39, 0.29) is 5.78 Å². The minimum absolute atomic E-state index is 0.0180. The highest BCUT2D eigenvalue weighted by Gasteiger charge is 2.32. The summed E-state index contributed by atoms with van der Waals surface area (Å²) in [5, 5.41) is 0. The van der Waals surface area contributed by atoms with E-state index in [2.05, 4.69) is 4.98 Å². The zero-order valence-electron chi connectivity index (χ0n) is 11.6. The first-order valence-electron chi connectivity index (χ1n) is 6.37. The molecule has 0 saturated carbocycles. The zero-order valence-corrected chi connectivity index (χ0v) is 11.6. The van der Waals surface area contributed by atoms with Gasteiger partial charge < -0.3 is 10.3 Å². The quantitative estimate of drug-likeness (QED) is 0.676. The molecule has 2 aromatic rings. The maximum absolute atomic E-state index is 12.6. The van der Waals surface area contributed by atoms with Crippen LogP contribution in [0.4, 0.5) is 5.69 Å². The van der Waals surface area contributed by atoms with Crippen molar-refractivity contribution in [2.24, 2.45) is 0 Å². The number of benzene rings is 1. The van der Waals surface area contributed by atoms with Gasteiger partial charge >= 0.3 is 0 Å². The third-order valence-electron chi connectivity index (χ3n) is 3.43. The summed E-state index contributed by atoms with van der Waals surface area (Å²) < 4.78 is 1.90. The highest BCUT2D eigenvalue weighted by atomic mass is 16.1. The summed E-state index contributed by atoms with van der Waals surface area (Å²) in [7, 11) is 0. The lowest BCUT2D eigenvalue weighted by molar-refractivity contribution is 0.0904. The Balaban J connectivity index is 2.32. The van der Waals surface area contributed by atoms with Gasteiger partial charge in [0.15, 0.2) is 5.78 Å². The summed E-state index contributed by atoms with van der Waals surface area (Å²) in [6.45, 7) is 6.64. The van der Waals surface area contributed by atoms with E-state index in [0.717, 1.165) is 12.1 Å². The summed E-state index contributed by atoms with van der Waals surface area (Å²) in [6.07, 6.45) is 3.48. The molecule has 0 atom stereocenters. The van der Waals surface area contributed by atoms with Gasteiger partial charge in [-0.15, -0.1) is 0 Å². The van der Waals surface area contributed by atoms with Gasteiger partial charge in [-0.05, 0) is 38.5 Å². The van der Waals surface area contributed by atoms with E-state index in [1.807, 2.05) is 49.6 Å². The van der Waals surface area contributed by atoms with Crippen LogP contribution in [0, 0.1) is 0 Å². The molecule has 19 heavy (non-hydrogen) atoms. The van der Waals surface area contributed by atoms with Crippen molar-refractivity contribution in [3.63, 3.8) is 0 Å². The van der Waals surface area contributed by atoms with E-state index in [1.165, 1.54) is 0 Å². The van der Waals surface area contributed by atoms with Crippen molar-refractivity contribution < 1.29 is 4.79 Å². The Hall–Kier alpha value is -2.10. The number of hydrogen-bond donors (Lipinski definition) is 1. The number of hydrogen-bond acceptors (Lipinski definition) is 3. The highest BCUT2D eigenvalue weighted by Crippen LogP contribution is 2.27. The van der Waals surface area contributed by atoms with Crippen LogP contribution < -0.4 is 5.73 Å². The zero-order chi connectivity index (χ0) is 14.0. The minimum atomic E-state index is -0.610. The van der Waals surface area contributed by atoms with Crippen LogP contribution in [0.15, 0.2) is 36.8 Å². The van der Waals surface area contributed by atoms with E-state index in [1.54, 1.807) is 12.5 Å². The average Bonchev–Trinajstić information content (AvgIpc) is 2.87. The molecule has 100 valence electrons. The molecule has 4 nitrogen and oxygen atoms in total. The Morgan fingerprint density at radius 2 is 1.95 bits per heavy atom. The van der Waals surface area contributed by atoms with Gasteiger partial charge in [0.05, 0.1) is 11.7 Å². The summed E-state index contributed by atoms with van der Waals surface area (Å²) in [4.78, 5) is 16.8. The maximum Gasteiger partial charge on any atom is 0.192 e. The standard InChI is InChI=1S/C15H19N3O/c1-4-18-9-13(17-10-18)14(19)15(2,3)11-5-7-12(16)8-6-11/h5-10H,4,16H2,1-3H3.